The van der Waals surface area contributed by atoms with Crippen LogP contribution in [0.1, 0.15) is 68.6 Å². The Balaban J connectivity index is 1.17. The van der Waals surface area contributed by atoms with Crippen molar-refractivity contribution in [3.8, 4) is 11.1 Å². The van der Waals surface area contributed by atoms with Crippen LogP contribution in [-0.4, -0.2) is 58.3 Å². The van der Waals surface area contributed by atoms with Crippen LogP contribution in [0.15, 0.2) is 55.0 Å². The smallest absolute Gasteiger partial charge is 0.135 e. The molecule has 38 heavy (non-hydrogen) atoms. The number of halogens is 1. The highest BCUT2D eigenvalue weighted by Gasteiger charge is 2.53. The molecule has 0 atom stereocenters. The normalized spacial score (nSPS) is 20.4. The van der Waals surface area contributed by atoms with Gasteiger partial charge in [0.1, 0.15) is 18.0 Å². The average Bonchev–Trinajstić information content (AvgIpc) is 2.86. The van der Waals surface area contributed by atoms with Gasteiger partial charge in [0.15, 0.2) is 0 Å². The fourth-order valence-electron chi connectivity index (χ4n) is 7.08. The molecule has 1 aromatic heterocycles. The molecular weight excluding hydrogens is 475 g/mol. The quantitative estimate of drug-likeness (QED) is 0.431. The van der Waals surface area contributed by atoms with Gasteiger partial charge in [0, 0.05) is 56.3 Å². The lowest BCUT2D eigenvalue weighted by atomic mass is 9.71. The number of benzene rings is 2. The molecule has 2 aromatic carbocycles. The molecule has 1 N–H and O–H groups in total. The van der Waals surface area contributed by atoms with E-state index in [0.717, 1.165) is 86.5 Å². The third kappa shape index (κ3) is 4.96. The highest BCUT2D eigenvalue weighted by atomic mass is 19.1. The van der Waals surface area contributed by atoms with Gasteiger partial charge in [-0.25, -0.2) is 14.4 Å². The molecule has 0 bridgehead atoms. The van der Waals surface area contributed by atoms with E-state index < -0.39 is 5.60 Å². The lowest BCUT2D eigenvalue weighted by molar-refractivity contribution is -0.0910. The molecule has 0 unspecified atom stereocenters. The zero-order valence-electron chi connectivity index (χ0n) is 22.7. The summed E-state index contributed by atoms with van der Waals surface area (Å²) in [5, 5.41) is 11.0. The van der Waals surface area contributed by atoms with Gasteiger partial charge in [-0.3, -0.25) is 4.90 Å². The maximum Gasteiger partial charge on any atom is 0.135 e. The van der Waals surface area contributed by atoms with E-state index in [0.29, 0.717) is 17.8 Å². The first-order valence-corrected chi connectivity index (χ1v) is 14.2. The maximum absolute atomic E-state index is 14.5. The van der Waals surface area contributed by atoms with Crippen LogP contribution < -0.4 is 4.90 Å². The Morgan fingerprint density at radius 1 is 0.947 bits per heavy atom. The number of anilines is 1. The van der Waals surface area contributed by atoms with Crippen LogP contribution in [0.2, 0.25) is 0 Å². The zero-order chi connectivity index (χ0) is 26.3. The Kier molecular flexibility index (Phi) is 6.73. The van der Waals surface area contributed by atoms with Crippen LogP contribution in [0, 0.1) is 11.2 Å². The predicted octanol–water partition coefficient (Wildman–Crippen LogP) is 5.81. The van der Waals surface area contributed by atoms with Gasteiger partial charge in [-0.1, -0.05) is 63.4 Å². The van der Waals surface area contributed by atoms with Gasteiger partial charge in [-0.15, -0.1) is 0 Å². The number of aromatic nitrogens is 2. The van der Waals surface area contributed by atoms with Crippen molar-refractivity contribution in [1.29, 1.82) is 0 Å². The third-order valence-electron chi connectivity index (χ3n) is 8.86. The summed E-state index contributed by atoms with van der Waals surface area (Å²) < 4.78 is 14.5. The molecule has 1 spiro atoms. The number of nitrogens with zero attached hydrogens (tertiary/aromatic N) is 4. The van der Waals surface area contributed by atoms with Crippen LogP contribution in [0.3, 0.4) is 0 Å². The molecule has 2 saturated heterocycles. The first-order chi connectivity index (χ1) is 18.3. The molecule has 6 rings (SSSR count). The van der Waals surface area contributed by atoms with Crippen LogP contribution >= 0.6 is 0 Å². The number of hydrogen-bond donors (Lipinski definition) is 1. The van der Waals surface area contributed by atoms with Gasteiger partial charge in [0.25, 0.3) is 0 Å². The number of likely N-dealkylation sites (tertiary alicyclic amines) is 1. The molecule has 200 valence electrons. The minimum atomic E-state index is -0.482. The van der Waals surface area contributed by atoms with Crippen molar-refractivity contribution >= 4 is 5.82 Å². The molecule has 6 heteroatoms. The molecule has 3 heterocycles. The lowest BCUT2D eigenvalue weighted by Crippen LogP contribution is -2.73. The van der Waals surface area contributed by atoms with Gasteiger partial charge in [-0.05, 0) is 53.1 Å². The second-order valence-corrected chi connectivity index (χ2v) is 12.4. The number of hydrogen-bond acceptors (Lipinski definition) is 5. The summed E-state index contributed by atoms with van der Waals surface area (Å²) in [5.74, 6) is 1.11. The Bertz CT molecular complexity index is 1290. The second kappa shape index (κ2) is 10.0. The number of aliphatic hydroxyl groups is 1. The molecule has 1 aliphatic carbocycles. The minimum absolute atomic E-state index is 0.219. The summed E-state index contributed by atoms with van der Waals surface area (Å²) in [6.45, 7) is 9.26. The largest absolute Gasteiger partial charge is 0.389 e. The molecule has 0 radical (unpaired) electrons. The maximum atomic E-state index is 14.5. The SMILES string of the molecule is CC(C)c1ccccc1-c1cc(F)ccc1Cc1cncnc1N1CC2(CN(CC3(O)CCCCC3)C2)C1. The fraction of sp³-hybridized carbons (Fsp3) is 0.500. The Morgan fingerprint density at radius 2 is 1.71 bits per heavy atom. The van der Waals surface area contributed by atoms with E-state index in [9.17, 15) is 9.50 Å². The van der Waals surface area contributed by atoms with Crippen molar-refractivity contribution < 1.29 is 9.50 Å². The Morgan fingerprint density at radius 3 is 2.47 bits per heavy atom. The molecule has 3 aromatic rings. The second-order valence-electron chi connectivity index (χ2n) is 12.4. The standard InChI is InChI=1S/C32H39FN4O/c1-23(2)27-8-4-5-9-28(27)29-15-26(33)11-10-24(29)14-25-16-34-22-35-30(25)37-19-31(20-37)17-36(18-31)21-32(38)12-6-3-7-13-32/h4-5,8-11,15-16,22-23,38H,3,6-7,12-14,17-21H2,1-2H3. The van der Waals surface area contributed by atoms with Gasteiger partial charge >= 0.3 is 0 Å². The van der Waals surface area contributed by atoms with E-state index >= 15 is 0 Å². The molecule has 2 aliphatic heterocycles. The third-order valence-corrected chi connectivity index (χ3v) is 8.86. The summed E-state index contributed by atoms with van der Waals surface area (Å²) in [4.78, 5) is 13.9. The first kappa shape index (κ1) is 25.4. The van der Waals surface area contributed by atoms with Crippen molar-refractivity contribution in [2.45, 2.75) is 63.9 Å². The number of β-amino-alcohol motifs (C(OH)–C–C–N with tert-alkyl or cyclic N) is 1. The van der Waals surface area contributed by atoms with Crippen molar-refractivity contribution in [3.63, 3.8) is 0 Å². The molecule has 3 fully saturated rings. The summed E-state index contributed by atoms with van der Waals surface area (Å²) in [6, 6.07) is 13.5. The van der Waals surface area contributed by atoms with E-state index in [2.05, 4.69) is 46.8 Å². The summed E-state index contributed by atoms with van der Waals surface area (Å²) in [5.41, 5.74) is 5.24. The van der Waals surface area contributed by atoms with E-state index in [1.54, 1.807) is 18.5 Å². The topological polar surface area (TPSA) is 52.5 Å². The average molecular weight is 515 g/mol. The molecular formula is C32H39FN4O. The molecule has 5 nitrogen and oxygen atoms in total. The summed E-state index contributed by atoms with van der Waals surface area (Å²) >= 11 is 0. The highest BCUT2D eigenvalue weighted by Crippen LogP contribution is 2.44. The Hall–Kier alpha value is -2.83. The van der Waals surface area contributed by atoms with Gasteiger partial charge in [0.05, 0.1) is 5.60 Å². The molecule has 3 aliphatic rings. The number of rotatable bonds is 7. The van der Waals surface area contributed by atoms with Gasteiger partial charge in [0.2, 0.25) is 0 Å². The van der Waals surface area contributed by atoms with Gasteiger partial charge < -0.3 is 10.0 Å². The van der Waals surface area contributed by atoms with E-state index in [1.165, 1.54) is 12.0 Å². The Labute approximate surface area is 225 Å². The minimum Gasteiger partial charge on any atom is -0.389 e. The van der Waals surface area contributed by atoms with Gasteiger partial charge in [-0.2, -0.15) is 0 Å². The fourth-order valence-corrected chi connectivity index (χ4v) is 7.08. The monoisotopic (exact) mass is 514 g/mol. The van der Waals surface area contributed by atoms with Crippen molar-refractivity contribution in [3.05, 3.63) is 77.5 Å². The predicted molar refractivity (Wildman–Crippen MR) is 150 cm³/mol. The zero-order valence-corrected chi connectivity index (χ0v) is 22.7. The van der Waals surface area contributed by atoms with Crippen LogP contribution in [0.5, 0.6) is 0 Å². The van der Waals surface area contributed by atoms with Crippen LogP contribution in [-0.2, 0) is 6.42 Å². The van der Waals surface area contributed by atoms with Crippen LogP contribution in [0.4, 0.5) is 10.2 Å². The van der Waals surface area contributed by atoms with Crippen molar-refractivity contribution in [2.24, 2.45) is 5.41 Å². The molecule has 1 saturated carbocycles. The first-order valence-electron chi connectivity index (χ1n) is 14.2. The van der Waals surface area contributed by atoms with Crippen molar-refractivity contribution in [2.75, 3.05) is 37.6 Å². The van der Waals surface area contributed by atoms with E-state index in [4.69, 9.17) is 4.98 Å². The van der Waals surface area contributed by atoms with E-state index in [-0.39, 0.29) is 5.82 Å². The summed E-state index contributed by atoms with van der Waals surface area (Å²) in [7, 11) is 0. The van der Waals surface area contributed by atoms with Crippen LogP contribution in [0.25, 0.3) is 11.1 Å². The highest BCUT2D eigenvalue weighted by molar-refractivity contribution is 5.72. The molecule has 0 amide bonds. The summed E-state index contributed by atoms with van der Waals surface area (Å²) in [6.07, 6.45) is 9.65. The van der Waals surface area contributed by atoms with Crippen molar-refractivity contribution in [1.82, 2.24) is 14.9 Å². The van der Waals surface area contributed by atoms with E-state index in [1.807, 2.05) is 18.3 Å². The lowest BCUT2D eigenvalue weighted by Gasteiger charge is -2.62.